The zero-order valence-corrected chi connectivity index (χ0v) is 12.2. The van der Waals surface area contributed by atoms with Crippen LogP contribution in [-0.4, -0.2) is 32.3 Å². The summed E-state index contributed by atoms with van der Waals surface area (Å²) in [5, 5.41) is 5.31. The van der Waals surface area contributed by atoms with Gasteiger partial charge in [-0.25, -0.2) is 4.79 Å². The summed E-state index contributed by atoms with van der Waals surface area (Å²) in [5.41, 5.74) is -0.798. The summed E-state index contributed by atoms with van der Waals surface area (Å²) in [6.45, 7) is 4.89. The van der Waals surface area contributed by atoms with Gasteiger partial charge in [0.1, 0.15) is 5.54 Å². The van der Waals surface area contributed by atoms with Gasteiger partial charge in [-0.15, -0.1) is 11.3 Å². The smallest absolute Gasteiger partial charge is 0.328 e. The molecular weight excluding hydrogens is 250 g/mol. The van der Waals surface area contributed by atoms with Gasteiger partial charge in [-0.1, -0.05) is 19.9 Å². The molecule has 5 heteroatoms. The van der Waals surface area contributed by atoms with Crippen LogP contribution >= 0.6 is 11.3 Å². The number of carbonyl (C=O) groups excluding carboxylic acids is 1. The molecule has 1 heterocycles. The lowest BCUT2D eigenvalue weighted by Gasteiger charge is -2.35. The third-order valence-electron chi connectivity index (χ3n) is 3.07. The van der Waals surface area contributed by atoms with E-state index in [-0.39, 0.29) is 11.9 Å². The number of methoxy groups -OCH3 is 2. The Balaban J connectivity index is 2.84. The van der Waals surface area contributed by atoms with Gasteiger partial charge in [-0.2, -0.15) is 0 Å². The number of nitrogens with one attached hydrogen (secondary N) is 1. The van der Waals surface area contributed by atoms with E-state index in [0.29, 0.717) is 13.2 Å². The summed E-state index contributed by atoms with van der Waals surface area (Å²) in [6.07, 6.45) is 0. The Bertz CT molecular complexity index is 364. The molecule has 1 aromatic heterocycles. The molecule has 0 saturated carbocycles. The maximum absolute atomic E-state index is 12.1. The predicted molar refractivity (Wildman–Crippen MR) is 72.6 cm³/mol. The average Bonchev–Trinajstić information content (AvgIpc) is 2.86. The van der Waals surface area contributed by atoms with Crippen molar-refractivity contribution < 1.29 is 14.3 Å². The van der Waals surface area contributed by atoms with E-state index in [2.05, 4.69) is 5.32 Å². The molecule has 1 atom stereocenters. The van der Waals surface area contributed by atoms with Crippen LogP contribution in [0.1, 0.15) is 18.7 Å². The van der Waals surface area contributed by atoms with Crippen molar-refractivity contribution in [2.75, 3.05) is 20.8 Å². The molecule has 0 fully saturated rings. The molecule has 0 amide bonds. The van der Waals surface area contributed by atoms with Gasteiger partial charge in [-0.3, -0.25) is 5.32 Å². The Morgan fingerprint density at radius 3 is 2.67 bits per heavy atom. The highest BCUT2D eigenvalue weighted by Gasteiger charge is 2.42. The molecule has 102 valence electrons. The molecule has 18 heavy (non-hydrogen) atoms. The first kappa shape index (κ1) is 15.1. The normalized spacial score (nSPS) is 14.5. The number of esters is 1. The van der Waals surface area contributed by atoms with E-state index in [1.165, 1.54) is 12.0 Å². The number of carbonyl (C=O) groups is 1. The molecule has 0 aromatic carbocycles. The van der Waals surface area contributed by atoms with Crippen molar-refractivity contribution in [3.63, 3.8) is 0 Å². The summed E-state index contributed by atoms with van der Waals surface area (Å²) in [4.78, 5) is 13.2. The lowest BCUT2D eigenvalue weighted by molar-refractivity contribution is -0.153. The van der Waals surface area contributed by atoms with Crippen molar-refractivity contribution in [3.05, 3.63) is 22.4 Å². The molecule has 0 saturated heterocycles. The number of ether oxygens (including phenoxy) is 2. The Hall–Kier alpha value is -0.910. The van der Waals surface area contributed by atoms with Crippen LogP contribution in [0.25, 0.3) is 0 Å². The molecule has 0 aliphatic rings. The fourth-order valence-electron chi connectivity index (χ4n) is 1.86. The SMILES string of the molecule is COCC(NCc1cccs1)(C(=O)OC)C(C)C. The Kier molecular flexibility index (Phi) is 5.78. The van der Waals surface area contributed by atoms with Crippen LogP contribution in [0, 0.1) is 5.92 Å². The molecule has 0 bridgehead atoms. The summed E-state index contributed by atoms with van der Waals surface area (Å²) in [7, 11) is 2.99. The van der Waals surface area contributed by atoms with E-state index in [0.717, 1.165) is 0 Å². The molecule has 0 aliphatic carbocycles. The van der Waals surface area contributed by atoms with E-state index in [4.69, 9.17) is 9.47 Å². The Morgan fingerprint density at radius 2 is 2.22 bits per heavy atom. The van der Waals surface area contributed by atoms with E-state index >= 15 is 0 Å². The standard InChI is InChI=1S/C13H21NO3S/c1-10(2)13(9-16-3,12(15)17-4)14-8-11-6-5-7-18-11/h5-7,10,14H,8-9H2,1-4H3. The van der Waals surface area contributed by atoms with Crippen molar-refractivity contribution in [3.8, 4) is 0 Å². The number of hydrogen-bond acceptors (Lipinski definition) is 5. The van der Waals surface area contributed by atoms with Gasteiger partial charge in [0.25, 0.3) is 0 Å². The van der Waals surface area contributed by atoms with Crippen molar-refractivity contribution in [2.45, 2.75) is 25.9 Å². The zero-order chi connectivity index (χ0) is 13.6. The van der Waals surface area contributed by atoms with Crippen LogP contribution < -0.4 is 5.32 Å². The first-order valence-corrected chi connectivity index (χ1v) is 6.79. The Morgan fingerprint density at radius 1 is 1.50 bits per heavy atom. The number of rotatable bonds is 7. The average molecular weight is 271 g/mol. The minimum atomic E-state index is -0.798. The fourth-order valence-corrected chi connectivity index (χ4v) is 2.50. The van der Waals surface area contributed by atoms with Crippen molar-refractivity contribution in [2.24, 2.45) is 5.92 Å². The molecule has 1 aromatic rings. The van der Waals surface area contributed by atoms with Crippen LogP contribution in [0.15, 0.2) is 17.5 Å². The summed E-state index contributed by atoms with van der Waals surface area (Å²) < 4.78 is 10.1. The molecule has 0 radical (unpaired) electrons. The molecule has 0 aliphatic heterocycles. The van der Waals surface area contributed by atoms with Gasteiger partial charge >= 0.3 is 5.97 Å². The Labute approximate surface area is 112 Å². The van der Waals surface area contributed by atoms with Gasteiger partial charge in [-0.05, 0) is 17.4 Å². The number of thiophene rings is 1. The fraction of sp³-hybridized carbons (Fsp3) is 0.615. The topological polar surface area (TPSA) is 47.6 Å². The van der Waals surface area contributed by atoms with E-state index in [9.17, 15) is 4.79 Å². The molecular formula is C13H21NO3S. The number of hydrogen-bond donors (Lipinski definition) is 1. The summed E-state index contributed by atoms with van der Waals surface area (Å²) in [5.74, 6) is -0.208. The highest BCUT2D eigenvalue weighted by atomic mass is 32.1. The zero-order valence-electron chi connectivity index (χ0n) is 11.4. The van der Waals surface area contributed by atoms with Crippen molar-refractivity contribution >= 4 is 17.3 Å². The second-order valence-corrected chi connectivity index (χ2v) is 5.52. The molecule has 1 N–H and O–H groups in total. The monoisotopic (exact) mass is 271 g/mol. The third kappa shape index (κ3) is 3.31. The van der Waals surface area contributed by atoms with Gasteiger partial charge in [0.15, 0.2) is 0 Å². The maximum atomic E-state index is 12.1. The molecule has 1 rings (SSSR count). The minimum absolute atomic E-state index is 0.0739. The second kappa shape index (κ2) is 6.87. The molecule has 0 spiro atoms. The quantitative estimate of drug-likeness (QED) is 0.771. The van der Waals surface area contributed by atoms with E-state index in [1.807, 2.05) is 31.4 Å². The lowest BCUT2D eigenvalue weighted by Crippen LogP contribution is -2.59. The van der Waals surface area contributed by atoms with Gasteiger partial charge in [0.05, 0.1) is 13.7 Å². The van der Waals surface area contributed by atoms with Crippen molar-refractivity contribution in [1.82, 2.24) is 5.32 Å². The van der Waals surface area contributed by atoms with Crippen molar-refractivity contribution in [1.29, 1.82) is 0 Å². The van der Waals surface area contributed by atoms with Crippen LogP contribution in [0.4, 0.5) is 0 Å². The van der Waals surface area contributed by atoms with Crippen LogP contribution in [0.2, 0.25) is 0 Å². The van der Waals surface area contributed by atoms with Gasteiger partial charge < -0.3 is 9.47 Å². The van der Waals surface area contributed by atoms with E-state index in [1.54, 1.807) is 18.4 Å². The van der Waals surface area contributed by atoms with Gasteiger partial charge in [0, 0.05) is 18.5 Å². The first-order chi connectivity index (χ1) is 8.56. The minimum Gasteiger partial charge on any atom is -0.468 e. The maximum Gasteiger partial charge on any atom is 0.328 e. The van der Waals surface area contributed by atoms with Gasteiger partial charge in [0.2, 0.25) is 0 Å². The molecule has 4 nitrogen and oxygen atoms in total. The van der Waals surface area contributed by atoms with E-state index < -0.39 is 5.54 Å². The second-order valence-electron chi connectivity index (χ2n) is 4.48. The summed E-state index contributed by atoms with van der Waals surface area (Å²) in [6, 6.07) is 4.03. The first-order valence-electron chi connectivity index (χ1n) is 5.91. The largest absolute Gasteiger partial charge is 0.468 e. The highest BCUT2D eigenvalue weighted by molar-refractivity contribution is 7.09. The van der Waals surface area contributed by atoms with Crippen LogP contribution in [-0.2, 0) is 20.8 Å². The summed E-state index contributed by atoms with van der Waals surface area (Å²) >= 11 is 1.66. The highest BCUT2D eigenvalue weighted by Crippen LogP contribution is 2.21. The predicted octanol–water partition coefficient (Wildman–Crippen LogP) is 2.05. The third-order valence-corrected chi connectivity index (χ3v) is 3.94. The van der Waals surface area contributed by atoms with Crippen LogP contribution in [0.3, 0.4) is 0 Å². The molecule has 1 unspecified atom stereocenters. The van der Waals surface area contributed by atoms with Crippen LogP contribution in [0.5, 0.6) is 0 Å². The lowest BCUT2D eigenvalue weighted by atomic mass is 9.87.